The Labute approximate surface area is 223 Å². The molecule has 0 fully saturated rings. The minimum absolute atomic E-state index is 0. The first-order valence-corrected chi connectivity index (χ1v) is 17.2. The molecule has 0 saturated heterocycles. The molecule has 0 aliphatic rings. The summed E-state index contributed by atoms with van der Waals surface area (Å²) < 4.78 is 0. The Morgan fingerprint density at radius 2 is 0.969 bits per heavy atom. The quantitative estimate of drug-likeness (QED) is 0.260. The van der Waals surface area contributed by atoms with Gasteiger partial charge in [0.25, 0.3) is 0 Å². The molecule has 0 atom stereocenters. The van der Waals surface area contributed by atoms with Crippen LogP contribution in [0.1, 0.15) is 47.2 Å². The first-order chi connectivity index (χ1) is 14.1. The zero-order chi connectivity index (χ0) is 22.4. The standard InChI is InChI=1S/2C13H15.C2H6Si.2ClH.Zr/c2*1-4-11-5-9(2)6-12-7-10(3)8-13(11)12;1-3-2;;;/h2*5-8H,4H2,1-3H3;1-2H3;2*1H;/q2*-1;;;;+2/p-2. The average Bonchev–Trinajstić information content (AvgIpc) is 3.20. The van der Waals surface area contributed by atoms with Crippen molar-refractivity contribution in [3.63, 3.8) is 0 Å². The fourth-order valence-electron chi connectivity index (χ4n) is 4.01. The summed E-state index contributed by atoms with van der Waals surface area (Å²) in [7, 11) is 0. The fourth-order valence-corrected chi connectivity index (χ4v) is 4.01. The van der Waals surface area contributed by atoms with Crippen LogP contribution in [0.5, 0.6) is 0 Å². The van der Waals surface area contributed by atoms with Crippen molar-refractivity contribution in [1.82, 2.24) is 0 Å². The molecule has 0 saturated carbocycles. The Balaban J connectivity index is 0.000000490. The monoisotopic (exact) mass is 560 g/mol. The van der Waals surface area contributed by atoms with Gasteiger partial charge in [0.2, 0.25) is 0 Å². The van der Waals surface area contributed by atoms with Crippen molar-refractivity contribution in [3.8, 4) is 0 Å². The number of hydrogen-bond donors (Lipinski definition) is 0. The summed E-state index contributed by atoms with van der Waals surface area (Å²) in [4.78, 5) is 0. The van der Waals surface area contributed by atoms with E-state index >= 15 is 0 Å². The number of hydrogen-bond acceptors (Lipinski definition) is 0. The van der Waals surface area contributed by atoms with E-state index < -0.39 is 0 Å². The smallest absolute Gasteiger partial charge is 1.00 e. The molecule has 4 aromatic carbocycles. The van der Waals surface area contributed by atoms with Gasteiger partial charge in [-0.1, -0.05) is 62.1 Å². The molecule has 172 valence electrons. The third-order valence-corrected chi connectivity index (χ3v) is 5.16. The van der Waals surface area contributed by atoms with Crippen LogP contribution < -0.4 is 24.8 Å². The molecule has 0 bridgehead atoms. The second-order valence-corrected chi connectivity index (χ2v) is 18.0. The number of aryl methyl sites for hydroxylation is 6. The van der Waals surface area contributed by atoms with E-state index in [0.29, 0.717) is 0 Å². The molecule has 0 aromatic heterocycles. The normalized spacial score (nSPS) is 9.81. The van der Waals surface area contributed by atoms with Crippen molar-refractivity contribution in [2.45, 2.75) is 67.5 Å². The molecule has 0 aliphatic carbocycles. The van der Waals surface area contributed by atoms with Crippen LogP contribution in [0.25, 0.3) is 21.5 Å². The van der Waals surface area contributed by atoms with Crippen LogP contribution in [-0.2, 0) is 36.2 Å². The van der Waals surface area contributed by atoms with E-state index in [9.17, 15) is 0 Å². The van der Waals surface area contributed by atoms with Crippen LogP contribution in [0.3, 0.4) is 0 Å². The third kappa shape index (κ3) is 8.94. The summed E-state index contributed by atoms with van der Waals surface area (Å²) in [5, 5.41) is 5.67. The number of benzene rings is 2. The molecular weight excluding hydrogens is 527 g/mol. The summed E-state index contributed by atoms with van der Waals surface area (Å²) in [5.74, 6) is 0. The first-order valence-electron chi connectivity index (χ1n) is 11.0. The summed E-state index contributed by atoms with van der Waals surface area (Å²) >= 11 is 1.74. The summed E-state index contributed by atoms with van der Waals surface area (Å²) in [6.07, 6.45) is 2.25. The SMILES string of the molecule is CCc1cc(C)cc2[cH-]c(C)cc12.CCc1cc(C)cc2[cH-]c(C)cc12.C[Si](C)=[Zr+2].[Cl-].[Cl-]. The van der Waals surface area contributed by atoms with Crippen molar-refractivity contribution in [3.05, 3.63) is 81.9 Å². The van der Waals surface area contributed by atoms with E-state index in [2.05, 4.69) is 103 Å². The zero-order valence-electron chi connectivity index (χ0n) is 20.8. The van der Waals surface area contributed by atoms with Crippen LogP contribution >= 0.6 is 0 Å². The maximum atomic E-state index is 2.31. The van der Waals surface area contributed by atoms with Gasteiger partial charge in [-0.3, -0.25) is 0 Å². The zero-order valence-corrected chi connectivity index (χ0v) is 25.8. The van der Waals surface area contributed by atoms with E-state index in [1.165, 1.54) is 54.9 Å². The van der Waals surface area contributed by atoms with Gasteiger partial charge in [0.1, 0.15) is 0 Å². The van der Waals surface area contributed by atoms with Gasteiger partial charge in [-0.05, 0) is 26.7 Å². The van der Waals surface area contributed by atoms with Gasteiger partial charge in [-0.25, -0.2) is 0 Å². The van der Waals surface area contributed by atoms with Crippen molar-refractivity contribution in [2.75, 3.05) is 0 Å². The predicted molar refractivity (Wildman–Crippen MR) is 134 cm³/mol. The average molecular weight is 563 g/mol. The second kappa shape index (κ2) is 14.6. The van der Waals surface area contributed by atoms with Gasteiger partial charge in [0, 0.05) is 0 Å². The maximum Gasteiger partial charge on any atom is -1.00 e. The molecule has 0 amide bonds. The topological polar surface area (TPSA) is 0 Å². The molecule has 0 heterocycles. The molecule has 0 N–H and O–H groups in total. The Morgan fingerprint density at radius 1 is 0.656 bits per heavy atom. The van der Waals surface area contributed by atoms with Crippen molar-refractivity contribution in [2.24, 2.45) is 0 Å². The molecule has 4 heteroatoms. The number of rotatable bonds is 2. The Morgan fingerprint density at radius 3 is 1.25 bits per heavy atom. The Bertz CT molecular complexity index is 1060. The van der Waals surface area contributed by atoms with Crippen molar-refractivity contribution >= 4 is 27.0 Å². The molecule has 0 spiro atoms. The van der Waals surface area contributed by atoms with Gasteiger partial charge in [0.05, 0.1) is 0 Å². The minimum Gasteiger partial charge on any atom is -1.00 e. The molecule has 0 unspecified atom stereocenters. The van der Waals surface area contributed by atoms with Gasteiger partial charge in [-0.15, -0.1) is 56.9 Å². The fraction of sp³-hybridized carbons (Fsp3) is 0.357. The maximum absolute atomic E-state index is 2.31. The predicted octanol–water partition coefficient (Wildman–Crippen LogP) is 2.27. The van der Waals surface area contributed by atoms with Gasteiger partial charge >= 0.3 is 41.9 Å². The minimum atomic E-state index is 0. The van der Waals surface area contributed by atoms with Crippen LogP contribution in [0.2, 0.25) is 13.1 Å². The van der Waals surface area contributed by atoms with Gasteiger partial charge in [-0.2, -0.15) is 12.1 Å². The van der Waals surface area contributed by atoms with E-state index in [4.69, 9.17) is 0 Å². The van der Waals surface area contributed by atoms with Crippen LogP contribution in [-0.4, -0.2) is 5.43 Å². The Kier molecular flexibility index (Phi) is 14.3. The largest absolute Gasteiger partial charge is 1.00 e. The number of fused-ring (bicyclic) bond motifs is 2. The first kappa shape index (κ1) is 31.3. The van der Waals surface area contributed by atoms with Gasteiger partial charge in [0.15, 0.2) is 0 Å². The molecule has 0 radical (unpaired) electrons. The summed E-state index contributed by atoms with van der Waals surface area (Å²) in [5.41, 5.74) is 8.64. The van der Waals surface area contributed by atoms with E-state index in [-0.39, 0.29) is 30.2 Å². The summed E-state index contributed by atoms with van der Waals surface area (Å²) in [6.45, 7) is 17.7. The molecular formula is C28H36Cl2SiZr-2. The Hall–Kier alpha value is -0.660. The van der Waals surface area contributed by atoms with E-state index in [0.717, 1.165) is 12.8 Å². The van der Waals surface area contributed by atoms with Crippen molar-refractivity contribution < 1.29 is 48.1 Å². The van der Waals surface area contributed by atoms with Crippen LogP contribution in [0.4, 0.5) is 0 Å². The number of halogens is 2. The van der Waals surface area contributed by atoms with Crippen molar-refractivity contribution in [1.29, 1.82) is 0 Å². The molecule has 32 heavy (non-hydrogen) atoms. The molecule has 4 aromatic rings. The molecule has 0 nitrogen and oxygen atoms in total. The van der Waals surface area contributed by atoms with Crippen LogP contribution in [0, 0.1) is 27.7 Å². The molecule has 4 rings (SSSR count). The van der Waals surface area contributed by atoms with E-state index in [1.54, 1.807) is 23.3 Å². The third-order valence-electron chi connectivity index (χ3n) is 5.16. The second-order valence-electron chi connectivity index (χ2n) is 8.63. The molecule has 0 aliphatic heterocycles. The summed E-state index contributed by atoms with van der Waals surface area (Å²) in [6, 6.07) is 18.2. The van der Waals surface area contributed by atoms with Gasteiger partial charge < -0.3 is 24.8 Å². The van der Waals surface area contributed by atoms with E-state index in [1.807, 2.05) is 0 Å². The van der Waals surface area contributed by atoms with Crippen LogP contribution in [0.15, 0.2) is 48.5 Å².